The van der Waals surface area contributed by atoms with Gasteiger partial charge in [-0.15, -0.1) is 0 Å². The van der Waals surface area contributed by atoms with Crippen LogP contribution < -0.4 is 10.5 Å². The summed E-state index contributed by atoms with van der Waals surface area (Å²) in [5.41, 5.74) is -0.207. The number of carbonyl (C=O) groups is 1. The number of hydrazone groups is 1. The molecule has 0 aromatic heterocycles. The second kappa shape index (κ2) is 7.50. The van der Waals surface area contributed by atoms with Gasteiger partial charge in [0.2, 0.25) is 15.4 Å². The number of hydroxylamine groups is 1. The molecule has 1 aliphatic heterocycles. The smallest absolute Gasteiger partial charge is 0.283 e. The van der Waals surface area contributed by atoms with Crippen LogP contribution in [0, 0.1) is 0 Å². The summed E-state index contributed by atoms with van der Waals surface area (Å²) in [6.07, 6.45) is 0. The van der Waals surface area contributed by atoms with Gasteiger partial charge in [0, 0.05) is 0 Å². The van der Waals surface area contributed by atoms with Crippen molar-refractivity contribution in [2.45, 2.75) is 17.4 Å². The quantitative estimate of drug-likeness (QED) is 0.578. The third-order valence-electron chi connectivity index (χ3n) is 4.27. The van der Waals surface area contributed by atoms with Crippen LogP contribution in [0.15, 0.2) is 75.8 Å². The van der Waals surface area contributed by atoms with Crippen LogP contribution in [0.25, 0.3) is 0 Å². The number of rotatable bonds is 5. The summed E-state index contributed by atoms with van der Waals surface area (Å²) in [6.45, 7) is 1.36. The molecule has 28 heavy (non-hydrogen) atoms. The summed E-state index contributed by atoms with van der Waals surface area (Å²) in [5, 5.41) is 18.0. The first-order valence-electron chi connectivity index (χ1n) is 8.18. The van der Waals surface area contributed by atoms with E-state index in [9.17, 15) is 18.4 Å². The summed E-state index contributed by atoms with van der Waals surface area (Å²) in [5.74, 6) is -0.839. The van der Waals surface area contributed by atoms with Gasteiger partial charge in [0.25, 0.3) is 5.91 Å². The van der Waals surface area contributed by atoms with Crippen molar-refractivity contribution in [3.05, 3.63) is 60.7 Å². The molecule has 0 saturated carbocycles. The van der Waals surface area contributed by atoms with Crippen molar-refractivity contribution in [3.63, 3.8) is 0 Å². The highest BCUT2D eigenvalue weighted by Crippen LogP contribution is 2.32. The summed E-state index contributed by atoms with van der Waals surface area (Å²) in [6, 6.07) is 15.8. The van der Waals surface area contributed by atoms with E-state index in [2.05, 4.69) is 10.3 Å². The molecule has 0 aliphatic carbocycles. The highest BCUT2D eigenvalue weighted by atomic mass is 32.2. The molecule has 146 valence electrons. The van der Waals surface area contributed by atoms with Gasteiger partial charge in [-0.1, -0.05) is 41.6 Å². The molecule has 0 bridgehead atoms. The lowest BCUT2D eigenvalue weighted by atomic mass is 9.96. The molecule has 0 fully saturated rings. The van der Waals surface area contributed by atoms with E-state index >= 15 is 0 Å². The molecular weight excluding hydrogens is 384 g/mol. The van der Waals surface area contributed by atoms with Crippen LogP contribution in [0.5, 0.6) is 0 Å². The Kier molecular flexibility index (Phi) is 5.27. The number of carbonyl (C=O) groups excluding carboxylic acids is 1. The normalized spacial score (nSPS) is 20.2. The first kappa shape index (κ1) is 19.7. The van der Waals surface area contributed by atoms with Crippen LogP contribution in [-0.4, -0.2) is 42.9 Å². The molecule has 2 aromatic rings. The predicted molar refractivity (Wildman–Crippen MR) is 103 cm³/mol. The van der Waals surface area contributed by atoms with Gasteiger partial charge in [0.05, 0.1) is 16.3 Å². The first-order chi connectivity index (χ1) is 13.4. The highest BCUT2D eigenvalue weighted by Gasteiger charge is 2.59. The lowest BCUT2D eigenvalue weighted by Gasteiger charge is -2.26. The Labute approximate surface area is 161 Å². The minimum absolute atomic E-state index is 0.0821. The third kappa shape index (κ3) is 2.97. The van der Waals surface area contributed by atoms with E-state index in [1.807, 2.05) is 5.48 Å². The summed E-state index contributed by atoms with van der Waals surface area (Å²) < 4.78 is 26.6. The maximum absolute atomic E-state index is 13.3. The topological polar surface area (TPSA) is 121 Å². The highest BCUT2D eigenvalue weighted by molar-refractivity contribution is 8.07. The molecule has 10 heteroatoms. The molecule has 2 aromatic carbocycles. The van der Waals surface area contributed by atoms with E-state index < -0.39 is 26.3 Å². The van der Waals surface area contributed by atoms with Gasteiger partial charge in [-0.3, -0.25) is 4.79 Å². The molecule has 1 unspecified atom stereocenters. The fourth-order valence-corrected chi connectivity index (χ4v) is 4.48. The van der Waals surface area contributed by atoms with Gasteiger partial charge in [-0.05, 0) is 31.2 Å². The minimum atomic E-state index is -4.27. The molecule has 0 radical (unpaired) electrons. The number of nitrogens with one attached hydrogen (secondary N) is 1. The van der Waals surface area contributed by atoms with Gasteiger partial charge in [0.1, 0.15) is 7.11 Å². The molecule has 0 spiro atoms. The number of hydrogen-bond donors (Lipinski definition) is 2. The second-order valence-electron chi connectivity index (χ2n) is 5.90. The Morgan fingerprint density at radius 1 is 1.14 bits per heavy atom. The molecule has 9 nitrogen and oxygen atoms in total. The van der Waals surface area contributed by atoms with E-state index in [1.54, 1.807) is 48.5 Å². The largest absolute Gasteiger partial charge is 0.399 e. The molecule has 1 heterocycles. The van der Waals surface area contributed by atoms with E-state index in [-0.39, 0.29) is 10.6 Å². The van der Waals surface area contributed by atoms with Crippen LogP contribution in [-0.2, 0) is 19.5 Å². The van der Waals surface area contributed by atoms with Crippen molar-refractivity contribution < 1.29 is 23.3 Å². The van der Waals surface area contributed by atoms with Crippen LogP contribution in [0.1, 0.15) is 6.92 Å². The summed E-state index contributed by atoms with van der Waals surface area (Å²) in [4.78, 5) is 17.9. The minimum Gasteiger partial charge on any atom is -0.399 e. The molecule has 3 rings (SSSR count). The predicted octanol–water partition coefficient (Wildman–Crippen LogP) is 1.56. The molecule has 1 aliphatic rings. The average molecular weight is 402 g/mol. The molecular formula is C18H18N4O5S. The van der Waals surface area contributed by atoms with Crippen LogP contribution >= 0.6 is 0 Å². The van der Waals surface area contributed by atoms with Crippen molar-refractivity contribution in [2.75, 3.05) is 12.1 Å². The molecule has 1 amide bonds. The Morgan fingerprint density at radius 2 is 1.71 bits per heavy atom. The number of para-hydroxylation sites is 1. The van der Waals surface area contributed by atoms with Gasteiger partial charge in [-0.25, -0.2) is 8.42 Å². The van der Waals surface area contributed by atoms with Crippen LogP contribution in [0.2, 0.25) is 0 Å². The fourth-order valence-electron chi connectivity index (χ4n) is 2.86. The number of oxime groups is 1. The van der Waals surface area contributed by atoms with E-state index in [0.29, 0.717) is 5.69 Å². The molecule has 0 saturated heterocycles. The van der Waals surface area contributed by atoms with Crippen molar-refractivity contribution in [1.82, 2.24) is 5.48 Å². The third-order valence-corrected chi connectivity index (χ3v) is 6.06. The molecule has 1 atom stereocenters. The number of anilines is 1. The van der Waals surface area contributed by atoms with Gasteiger partial charge in [0.15, 0.2) is 5.04 Å². The monoisotopic (exact) mass is 402 g/mol. The van der Waals surface area contributed by atoms with E-state index in [0.717, 1.165) is 5.01 Å². The van der Waals surface area contributed by atoms with Gasteiger partial charge < -0.3 is 10.0 Å². The number of benzene rings is 2. The number of nitrogens with zero attached hydrogens (tertiary/aromatic N) is 3. The van der Waals surface area contributed by atoms with Gasteiger partial charge >= 0.3 is 0 Å². The average Bonchev–Trinajstić information content (AvgIpc) is 3.03. The van der Waals surface area contributed by atoms with Crippen molar-refractivity contribution >= 4 is 32.2 Å². The maximum Gasteiger partial charge on any atom is 0.283 e. The lowest BCUT2D eigenvalue weighted by Crippen LogP contribution is -2.63. The zero-order chi connectivity index (χ0) is 20.4. The second-order valence-corrected chi connectivity index (χ2v) is 7.76. The maximum atomic E-state index is 13.3. The zero-order valence-electron chi connectivity index (χ0n) is 15.1. The Hall–Kier alpha value is -3.08. The van der Waals surface area contributed by atoms with Crippen molar-refractivity contribution in [2.24, 2.45) is 10.3 Å². The standard InChI is InChI=1S/C18H18N4O5S/c1-13(20-27-2)18(21-24)16(28(25,26)15-11-7-4-8-12-15)19-22(17(18)23)14-9-5-3-6-10-14/h3-12,21,24H,1-2H3. The van der Waals surface area contributed by atoms with Crippen LogP contribution in [0.4, 0.5) is 5.69 Å². The number of amides is 1. The van der Waals surface area contributed by atoms with Crippen molar-refractivity contribution in [1.29, 1.82) is 0 Å². The summed E-state index contributed by atoms with van der Waals surface area (Å²) in [7, 11) is -3.03. The summed E-state index contributed by atoms with van der Waals surface area (Å²) >= 11 is 0. The zero-order valence-corrected chi connectivity index (χ0v) is 15.9. The van der Waals surface area contributed by atoms with E-state index in [4.69, 9.17) is 4.84 Å². The van der Waals surface area contributed by atoms with Gasteiger partial charge in [-0.2, -0.15) is 15.6 Å². The Bertz CT molecular complexity index is 1040. The van der Waals surface area contributed by atoms with Crippen molar-refractivity contribution in [3.8, 4) is 0 Å². The lowest BCUT2D eigenvalue weighted by molar-refractivity contribution is -0.122. The Morgan fingerprint density at radius 3 is 2.25 bits per heavy atom. The van der Waals surface area contributed by atoms with E-state index in [1.165, 1.54) is 26.2 Å². The molecule has 2 N–H and O–H groups in total. The first-order valence-corrected chi connectivity index (χ1v) is 9.66. The van der Waals surface area contributed by atoms with Crippen LogP contribution in [0.3, 0.4) is 0 Å². The fraction of sp³-hybridized carbons (Fsp3) is 0.167. The SMILES string of the molecule is CON=C(C)C1(NO)C(=O)N(c2ccccc2)N=C1S(=O)(=O)c1ccccc1. The number of sulfone groups is 1. The Balaban J connectivity index is 2.27. The number of hydrogen-bond acceptors (Lipinski definition) is 8.